The second-order valence-electron chi connectivity index (χ2n) is 6.10. The van der Waals surface area contributed by atoms with Crippen molar-refractivity contribution < 1.29 is 19.4 Å². The molecule has 0 aromatic rings. The molecule has 0 unspecified atom stereocenters. The molecule has 0 radical (unpaired) electrons. The van der Waals surface area contributed by atoms with Crippen molar-refractivity contribution in [2.75, 3.05) is 0 Å². The summed E-state index contributed by atoms with van der Waals surface area (Å²) in [7, 11) is 0. The minimum absolute atomic E-state index is 0.114. The van der Waals surface area contributed by atoms with Gasteiger partial charge in [-0.15, -0.1) is 0 Å². The van der Waals surface area contributed by atoms with Gasteiger partial charge < -0.3 is 9.84 Å². The first-order valence-electron chi connectivity index (χ1n) is 8.72. The molecule has 1 saturated heterocycles. The summed E-state index contributed by atoms with van der Waals surface area (Å²) in [5.41, 5.74) is 0. The molecule has 126 valence electrons. The molecule has 4 nitrogen and oxygen atoms in total. The van der Waals surface area contributed by atoms with E-state index in [-0.39, 0.29) is 24.4 Å². The van der Waals surface area contributed by atoms with Gasteiger partial charge in [-0.3, -0.25) is 9.59 Å². The minimum Gasteiger partial charge on any atom is -0.481 e. The highest BCUT2D eigenvalue weighted by molar-refractivity contribution is 5.95. The number of carboxylic acid groups (broad SMARTS) is 1. The van der Waals surface area contributed by atoms with Crippen LogP contribution in [-0.2, 0) is 14.3 Å². The van der Waals surface area contributed by atoms with Crippen LogP contribution in [0.5, 0.6) is 0 Å². The Morgan fingerprint density at radius 2 is 1.77 bits per heavy atom. The first kappa shape index (κ1) is 18.9. The maximum atomic E-state index is 11.8. The van der Waals surface area contributed by atoms with Crippen molar-refractivity contribution in [1.82, 2.24) is 0 Å². The lowest BCUT2D eigenvalue weighted by atomic mass is 10.1. The SMILES string of the molecule is CCCCC/C=C/C(=O)[C@@H]1O[C@@H]1CCCCCCCC(=O)O. The van der Waals surface area contributed by atoms with Crippen LogP contribution < -0.4 is 0 Å². The molecular weight excluding hydrogens is 280 g/mol. The summed E-state index contributed by atoms with van der Waals surface area (Å²) in [4.78, 5) is 22.2. The van der Waals surface area contributed by atoms with Gasteiger partial charge in [0, 0.05) is 6.42 Å². The largest absolute Gasteiger partial charge is 0.481 e. The van der Waals surface area contributed by atoms with Crippen molar-refractivity contribution in [2.24, 2.45) is 0 Å². The van der Waals surface area contributed by atoms with Gasteiger partial charge in [-0.1, -0.05) is 51.5 Å². The maximum Gasteiger partial charge on any atom is 0.303 e. The molecule has 0 amide bonds. The number of epoxide rings is 1. The van der Waals surface area contributed by atoms with Crippen LogP contribution in [0.25, 0.3) is 0 Å². The Hall–Kier alpha value is -1.16. The molecule has 1 rings (SSSR count). The smallest absolute Gasteiger partial charge is 0.303 e. The molecule has 1 aliphatic rings. The van der Waals surface area contributed by atoms with E-state index in [0.717, 1.165) is 51.4 Å². The molecule has 2 atom stereocenters. The van der Waals surface area contributed by atoms with Crippen LogP contribution in [0.15, 0.2) is 12.2 Å². The number of unbranched alkanes of at least 4 members (excludes halogenated alkanes) is 7. The first-order chi connectivity index (χ1) is 10.6. The summed E-state index contributed by atoms with van der Waals surface area (Å²) in [6.45, 7) is 2.17. The Labute approximate surface area is 133 Å². The fourth-order valence-corrected chi connectivity index (χ4v) is 2.57. The van der Waals surface area contributed by atoms with Crippen molar-refractivity contribution in [2.45, 2.75) is 89.8 Å². The Kier molecular flexibility index (Phi) is 9.80. The number of carbonyl (C=O) groups excluding carboxylic acids is 1. The van der Waals surface area contributed by atoms with E-state index in [1.54, 1.807) is 6.08 Å². The number of ether oxygens (including phenoxy) is 1. The lowest BCUT2D eigenvalue weighted by Crippen LogP contribution is -2.06. The van der Waals surface area contributed by atoms with Crippen molar-refractivity contribution in [1.29, 1.82) is 0 Å². The number of hydrogen-bond acceptors (Lipinski definition) is 3. The second kappa shape index (κ2) is 11.4. The Bertz CT molecular complexity index is 362. The monoisotopic (exact) mass is 310 g/mol. The molecule has 0 aromatic heterocycles. The van der Waals surface area contributed by atoms with E-state index >= 15 is 0 Å². The lowest BCUT2D eigenvalue weighted by Gasteiger charge is -1.98. The summed E-state index contributed by atoms with van der Waals surface area (Å²) < 4.78 is 5.44. The lowest BCUT2D eigenvalue weighted by molar-refractivity contribution is -0.137. The van der Waals surface area contributed by atoms with Gasteiger partial charge in [0.25, 0.3) is 0 Å². The molecular formula is C18H30O4. The van der Waals surface area contributed by atoms with Crippen LogP contribution in [-0.4, -0.2) is 29.1 Å². The van der Waals surface area contributed by atoms with Crippen molar-refractivity contribution in [3.05, 3.63) is 12.2 Å². The second-order valence-corrected chi connectivity index (χ2v) is 6.10. The van der Waals surface area contributed by atoms with Crippen molar-refractivity contribution in [3.8, 4) is 0 Å². The average Bonchev–Trinajstić information content (AvgIpc) is 3.25. The van der Waals surface area contributed by atoms with Gasteiger partial charge in [0.2, 0.25) is 0 Å². The average molecular weight is 310 g/mol. The molecule has 0 aliphatic carbocycles. The van der Waals surface area contributed by atoms with E-state index in [4.69, 9.17) is 9.84 Å². The van der Waals surface area contributed by atoms with Crippen LogP contribution in [0.3, 0.4) is 0 Å². The van der Waals surface area contributed by atoms with E-state index < -0.39 is 5.97 Å². The zero-order valence-corrected chi connectivity index (χ0v) is 13.8. The molecule has 0 aromatic carbocycles. The fourth-order valence-electron chi connectivity index (χ4n) is 2.57. The van der Waals surface area contributed by atoms with Gasteiger partial charge in [0.15, 0.2) is 5.78 Å². The van der Waals surface area contributed by atoms with Gasteiger partial charge in [-0.25, -0.2) is 0 Å². The molecule has 1 fully saturated rings. The van der Waals surface area contributed by atoms with Gasteiger partial charge in [0.1, 0.15) is 6.10 Å². The molecule has 1 aliphatic heterocycles. The number of aliphatic carboxylic acids is 1. The predicted octanol–water partition coefficient (Wildman–Crippen LogP) is 4.27. The molecule has 1 heterocycles. The summed E-state index contributed by atoms with van der Waals surface area (Å²) in [5, 5.41) is 8.53. The van der Waals surface area contributed by atoms with Crippen molar-refractivity contribution in [3.63, 3.8) is 0 Å². The van der Waals surface area contributed by atoms with E-state index in [2.05, 4.69) is 6.92 Å². The summed E-state index contributed by atoms with van der Waals surface area (Å²) >= 11 is 0. The van der Waals surface area contributed by atoms with Gasteiger partial charge >= 0.3 is 5.97 Å². The number of ketones is 1. The third kappa shape index (κ3) is 8.98. The first-order valence-corrected chi connectivity index (χ1v) is 8.72. The zero-order chi connectivity index (χ0) is 16.2. The van der Waals surface area contributed by atoms with E-state index in [1.807, 2.05) is 6.08 Å². The van der Waals surface area contributed by atoms with E-state index in [9.17, 15) is 9.59 Å². The molecule has 0 bridgehead atoms. The van der Waals surface area contributed by atoms with Crippen LogP contribution in [0.4, 0.5) is 0 Å². The fraction of sp³-hybridized carbons (Fsp3) is 0.778. The quantitative estimate of drug-likeness (QED) is 0.295. The maximum absolute atomic E-state index is 11.8. The molecule has 0 spiro atoms. The third-order valence-corrected chi connectivity index (χ3v) is 4.00. The Morgan fingerprint density at radius 3 is 2.50 bits per heavy atom. The number of carboxylic acids is 1. The van der Waals surface area contributed by atoms with E-state index in [0.29, 0.717) is 0 Å². The number of hydrogen-bond donors (Lipinski definition) is 1. The molecule has 4 heteroatoms. The van der Waals surface area contributed by atoms with Crippen LogP contribution in [0.1, 0.15) is 77.6 Å². The summed E-state index contributed by atoms with van der Waals surface area (Å²) in [5.74, 6) is -0.599. The molecule has 22 heavy (non-hydrogen) atoms. The minimum atomic E-state index is -0.713. The molecule has 0 saturated carbocycles. The normalized spacial score (nSPS) is 20.4. The van der Waals surface area contributed by atoms with Crippen molar-refractivity contribution >= 4 is 11.8 Å². The zero-order valence-electron chi connectivity index (χ0n) is 13.8. The van der Waals surface area contributed by atoms with Gasteiger partial charge in [-0.2, -0.15) is 0 Å². The molecule has 1 N–H and O–H groups in total. The number of carbonyl (C=O) groups is 2. The third-order valence-electron chi connectivity index (χ3n) is 4.00. The van der Waals surface area contributed by atoms with Gasteiger partial charge in [-0.05, 0) is 31.8 Å². The van der Waals surface area contributed by atoms with Crippen LogP contribution in [0.2, 0.25) is 0 Å². The van der Waals surface area contributed by atoms with Gasteiger partial charge in [0.05, 0.1) is 6.10 Å². The predicted molar refractivity (Wildman–Crippen MR) is 86.9 cm³/mol. The number of rotatable bonds is 14. The Balaban J connectivity index is 1.95. The van der Waals surface area contributed by atoms with Crippen LogP contribution in [0, 0.1) is 0 Å². The highest BCUT2D eigenvalue weighted by Crippen LogP contribution is 2.28. The van der Waals surface area contributed by atoms with E-state index in [1.165, 1.54) is 12.8 Å². The summed E-state index contributed by atoms with van der Waals surface area (Å²) in [6, 6.07) is 0. The Morgan fingerprint density at radius 1 is 1.05 bits per heavy atom. The highest BCUT2D eigenvalue weighted by atomic mass is 16.6. The highest BCUT2D eigenvalue weighted by Gasteiger charge is 2.42. The number of allylic oxidation sites excluding steroid dienone is 1. The summed E-state index contributed by atoms with van der Waals surface area (Å²) in [6.07, 6.45) is 14.3. The standard InChI is InChI=1S/C18H30O4/c1-2-3-4-6-9-12-15(19)18-16(22-18)13-10-7-5-8-11-14-17(20)21/h9,12,16,18H,2-8,10-11,13-14H2,1H3,(H,20,21)/b12-9+/t16-,18+/m1/s1. The topological polar surface area (TPSA) is 66.9 Å². The van der Waals surface area contributed by atoms with Crippen LogP contribution >= 0.6 is 0 Å².